The third-order valence-electron chi connectivity index (χ3n) is 6.50. The highest BCUT2D eigenvalue weighted by Gasteiger charge is 2.28. The Kier molecular flexibility index (Phi) is 6.30. The minimum absolute atomic E-state index is 0.196. The van der Waals surface area contributed by atoms with Gasteiger partial charge in [0.2, 0.25) is 0 Å². The van der Waals surface area contributed by atoms with Crippen molar-refractivity contribution in [2.45, 2.75) is 40.3 Å². The molecule has 0 aliphatic carbocycles. The van der Waals surface area contributed by atoms with Crippen molar-refractivity contribution >= 4 is 5.91 Å². The molecular weight excluding hydrogens is 372 g/mol. The van der Waals surface area contributed by atoms with Crippen molar-refractivity contribution in [3.05, 3.63) is 58.4 Å². The number of carbonyl (C=O) groups excluding carboxylic acids is 1. The molecular formula is C25H36N4O. The molecule has 1 saturated heterocycles. The maximum absolute atomic E-state index is 13.3. The number of aryl methyl sites for hydroxylation is 1. The molecule has 1 aromatic carbocycles. The molecule has 4 rings (SSSR count). The van der Waals surface area contributed by atoms with Crippen LogP contribution in [0.15, 0.2) is 30.3 Å². The van der Waals surface area contributed by atoms with Crippen molar-refractivity contribution in [1.82, 2.24) is 19.3 Å². The van der Waals surface area contributed by atoms with Gasteiger partial charge >= 0.3 is 0 Å². The fraction of sp³-hybridized carbons (Fsp3) is 0.560. The van der Waals surface area contributed by atoms with Crippen molar-refractivity contribution in [3.63, 3.8) is 0 Å². The summed E-state index contributed by atoms with van der Waals surface area (Å²) in [5.41, 5.74) is 6.18. The van der Waals surface area contributed by atoms with Crippen molar-refractivity contribution < 1.29 is 4.79 Å². The van der Waals surface area contributed by atoms with E-state index in [9.17, 15) is 4.79 Å². The topological polar surface area (TPSA) is 31.7 Å². The normalized spacial score (nSPS) is 18.1. The third kappa shape index (κ3) is 4.62. The Balaban J connectivity index is 1.41. The summed E-state index contributed by atoms with van der Waals surface area (Å²) in [5, 5.41) is 0. The molecule has 0 atom stereocenters. The van der Waals surface area contributed by atoms with Gasteiger partial charge in [0.1, 0.15) is 5.69 Å². The van der Waals surface area contributed by atoms with Gasteiger partial charge in [0, 0.05) is 71.5 Å². The van der Waals surface area contributed by atoms with Crippen molar-refractivity contribution in [2.75, 3.05) is 39.3 Å². The first-order chi connectivity index (χ1) is 14.4. The Bertz CT molecular complexity index is 893. The standard InChI is InChI=1S/C25H36N4O/c1-19(2)16-27-10-12-29(13-11-27)25(30)24-15-22-18-28(9-8-23(22)26(24)4)17-21-7-5-6-20(3)14-21/h5-7,14-15,19H,8-13,16-18H2,1-4H3. The van der Waals surface area contributed by atoms with E-state index in [4.69, 9.17) is 0 Å². The lowest BCUT2D eigenvalue weighted by molar-refractivity contribution is 0.0614. The van der Waals surface area contributed by atoms with E-state index in [1.165, 1.54) is 22.4 Å². The Hall–Kier alpha value is -2.11. The van der Waals surface area contributed by atoms with Crippen LogP contribution in [-0.2, 0) is 26.6 Å². The lowest BCUT2D eigenvalue weighted by Gasteiger charge is -2.35. The molecule has 2 aliphatic heterocycles. The highest BCUT2D eigenvalue weighted by atomic mass is 16.2. The van der Waals surface area contributed by atoms with Crippen LogP contribution >= 0.6 is 0 Å². The average molecular weight is 409 g/mol. The fourth-order valence-corrected chi connectivity index (χ4v) is 4.98. The second-order valence-electron chi connectivity index (χ2n) is 9.50. The number of nitrogens with zero attached hydrogens (tertiary/aromatic N) is 4. The maximum Gasteiger partial charge on any atom is 0.270 e. The highest BCUT2D eigenvalue weighted by Crippen LogP contribution is 2.25. The number of benzene rings is 1. The second kappa shape index (κ2) is 8.94. The summed E-state index contributed by atoms with van der Waals surface area (Å²) < 4.78 is 2.15. The van der Waals surface area contributed by atoms with E-state index in [0.717, 1.165) is 64.5 Å². The highest BCUT2D eigenvalue weighted by molar-refractivity contribution is 5.93. The summed E-state index contributed by atoms with van der Waals surface area (Å²) in [6.45, 7) is 14.4. The Morgan fingerprint density at radius 1 is 1.03 bits per heavy atom. The molecule has 1 fully saturated rings. The molecule has 1 amide bonds. The number of amides is 1. The van der Waals surface area contributed by atoms with E-state index < -0.39 is 0 Å². The third-order valence-corrected chi connectivity index (χ3v) is 6.50. The first kappa shape index (κ1) is 21.1. The number of aromatic nitrogens is 1. The van der Waals surface area contributed by atoms with Gasteiger partial charge in [-0.05, 0) is 30.0 Å². The van der Waals surface area contributed by atoms with E-state index in [0.29, 0.717) is 5.92 Å². The van der Waals surface area contributed by atoms with Crippen LogP contribution in [0.4, 0.5) is 0 Å². The molecule has 0 N–H and O–H groups in total. The largest absolute Gasteiger partial charge is 0.343 e. The molecule has 162 valence electrons. The van der Waals surface area contributed by atoms with E-state index >= 15 is 0 Å². The number of carbonyl (C=O) groups is 1. The van der Waals surface area contributed by atoms with Gasteiger partial charge in [-0.15, -0.1) is 0 Å². The number of hydrogen-bond acceptors (Lipinski definition) is 3. The van der Waals surface area contributed by atoms with Crippen molar-refractivity contribution in [1.29, 1.82) is 0 Å². The summed E-state index contributed by atoms with van der Waals surface area (Å²) in [6.07, 6.45) is 1.01. The predicted octanol–water partition coefficient (Wildman–Crippen LogP) is 3.31. The molecule has 5 heteroatoms. The van der Waals surface area contributed by atoms with Gasteiger partial charge in [0.25, 0.3) is 5.91 Å². The summed E-state index contributed by atoms with van der Waals surface area (Å²) in [4.78, 5) is 20.3. The number of hydrogen-bond donors (Lipinski definition) is 0. The molecule has 0 bridgehead atoms. The molecule has 5 nitrogen and oxygen atoms in total. The van der Waals surface area contributed by atoms with E-state index in [1.807, 2.05) is 4.90 Å². The molecule has 1 aromatic heterocycles. The SMILES string of the molecule is Cc1cccc(CN2CCc3c(cc(C(=O)N4CCN(CC(C)C)CC4)n3C)C2)c1. The minimum atomic E-state index is 0.196. The van der Waals surface area contributed by atoms with Gasteiger partial charge in [-0.25, -0.2) is 0 Å². The quantitative estimate of drug-likeness (QED) is 0.761. The van der Waals surface area contributed by atoms with Gasteiger partial charge in [-0.1, -0.05) is 43.7 Å². The van der Waals surface area contributed by atoms with Gasteiger partial charge in [0.05, 0.1) is 0 Å². The monoisotopic (exact) mass is 408 g/mol. The van der Waals surface area contributed by atoms with E-state index in [1.54, 1.807) is 0 Å². The van der Waals surface area contributed by atoms with Gasteiger partial charge in [-0.2, -0.15) is 0 Å². The molecule has 3 heterocycles. The van der Waals surface area contributed by atoms with Crippen LogP contribution in [0.5, 0.6) is 0 Å². The van der Waals surface area contributed by atoms with Gasteiger partial charge < -0.3 is 9.47 Å². The predicted molar refractivity (Wildman–Crippen MR) is 122 cm³/mol. The summed E-state index contributed by atoms with van der Waals surface area (Å²) in [6, 6.07) is 10.9. The first-order valence-electron chi connectivity index (χ1n) is 11.4. The van der Waals surface area contributed by atoms with Crippen molar-refractivity contribution in [2.24, 2.45) is 13.0 Å². The zero-order valence-corrected chi connectivity index (χ0v) is 19.0. The zero-order valence-electron chi connectivity index (χ0n) is 19.0. The molecule has 0 radical (unpaired) electrons. The van der Waals surface area contributed by atoms with Gasteiger partial charge in [0.15, 0.2) is 0 Å². The number of piperazine rings is 1. The first-order valence-corrected chi connectivity index (χ1v) is 11.4. The molecule has 0 saturated carbocycles. The summed E-state index contributed by atoms with van der Waals surface area (Å²) >= 11 is 0. The van der Waals surface area contributed by atoms with E-state index in [-0.39, 0.29) is 5.91 Å². The molecule has 2 aliphatic rings. The average Bonchev–Trinajstić information content (AvgIpc) is 3.03. The van der Waals surface area contributed by atoms with Crippen LogP contribution in [0, 0.1) is 12.8 Å². The summed E-state index contributed by atoms with van der Waals surface area (Å²) in [5.74, 6) is 0.871. The van der Waals surface area contributed by atoms with Crippen LogP contribution in [0.1, 0.15) is 46.7 Å². The minimum Gasteiger partial charge on any atom is -0.343 e. The van der Waals surface area contributed by atoms with Crippen LogP contribution in [0.3, 0.4) is 0 Å². The van der Waals surface area contributed by atoms with Crippen LogP contribution in [-0.4, -0.2) is 64.4 Å². The fourth-order valence-electron chi connectivity index (χ4n) is 4.98. The van der Waals surface area contributed by atoms with Crippen molar-refractivity contribution in [3.8, 4) is 0 Å². The van der Waals surface area contributed by atoms with Gasteiger partial charge in [-0.3, -0.25) is 14.6 Å². The number of rotatable bonds is 5. The Morgan fingerprint density at radius 3 is 2.50 bits per heavy atom. The molecule has 0 unspecified atom stereocenters. The Morgan fingerprint density at radius 2 is 1.80 bits per heavy atom. The van der Waals surface area contributed by atoms with Crippen LogP contribution in [0.25, 0.3) is 0 Å². The van der Waals surface area contributed by atoms with Crippen LogP contribution in [0.2, 0.25) is 0 Å². The second-order valence-corrected chi connectivity index (χ2v) is 9.50. The summed E-state index contributed by atoms with van der Waals surface area (Å²) in [7, 11) is 2.07. The molecule has 30 heavy (non-hydrogen) atoms. The molecule has 0 spiro atoms. The molecule has 2 aromatic rings. The maximum atomic E-state index is 13.3. The lowest BCUT2D eigenvalue weighted by atomic mass is 10.1. The van der Waals surface area contributed by atoms with Crippen LogP contribution < -0.4 is 0 Å². The van der Waals surface area contributed by atoms with E-state index in [2.05, 4.69) is 72.5 Å². The smallest absolute Gasteiger partial charge is 0.270 e. The zero-order chi connectivity index (χ0) is 21.3. The number of fused-ring (bicyclic) bond motifs is 1. The Labute approximate surface area is 181 Å². The lowest BCUT2D eigenvalue weighted by Crippen LogP contribution is -2.49.